The van der Waals surface area contributed by atoms with Gasteiger partial charge in [-0.3, -0.25) is 4.90 Å². The van der Waals surface area contributed by atoms with Gasteiger partial charge in [-0.1, -0.05) is 43.2 Å². The summed E-state index contributed by atoms with van der Waals surface area (Å²) in [5.74, 6) is 1.28. The van der Waals surface area contributed by atoms with Crippen molar-refractivity contribution >= 4 is 0 Å². The summed E-state index contributed by atoms with van der Waals surface area (Å²) in [4.78, 5) is 2.68. The predicted molar refractivity (Wildman–Crippen MR) is 82.5 cm³/mol. The van der Waals surface area contributed by atoms with Gasteiger partial charge in [-0.25, -0.2) is 0 Å². The third-order valence-electron chi connectivity index (χ3n) is 5.44. The Labute approximate surface area is 122 Å². The second kappa shape index (κ2) is 6.28. The average molecular weight is 273 g/mol. The normalized spacial score (nSPS) is 32.6. The zero-order valence-electron chi connectivity index (χ0n) is 12.5. The minimum absolute atomic E-state index is 0.348. The number of aliphatic hydroxyl groups excluding tert-OH is 1. The molecule has 1 aliphatic heterocycles. The molecule has 1 N–H and O–H groups in total. The Kier molecular flexibility index (Phi) is 4.42. The van der Waals surface area contributed by atoms with Gasteiger partial charge in [-0.15, -0.1) is 0 Å². The Morgan fingerprint density at radius 1 is 1.20 bits per heavy atom. The first-order valence-corrected chi connectivity index (χ1v) is 8.21. The third kappa shape index (κ3) is 2.77. The Bertz CT molecular complexity index is 419. The Balaban J connectivity index is 1.81. The number of hydrogen-bond acceptors (Lipinski definition) is 2. The first-order valence-electron chi connectivity index (χ1n) is 8.21. The highest BCUT2D eigenvalue weighted by Crippen LogP contribution is 2.41. The number of rotatable bonds is 3. The fourth-order valence-corrected chi connectivity index (χ4v) is 4.34. The molecule has 2 nitrogen and oxygen atoms in total. The van der Waals surface area contributed by atoms with Crippen molar-refractivity contribution in [2.75, 3.05) is 13.2 Å². The van der Waals surface area contributed by atoms with E-state index in [1.165, 1.54) is 37.7 Å². The van der Waals surface area contributed by atoms with E-state index >= 15 is 0 Å². The molecular formula is C18H27NO. The van der Waals surface area contributed by atoms with Crippen LogP contribution in [0, 0.1) is 11.8 Å². The van der Waals surface area contributed by atoms with Gasteiger partial charge >= 0.3 is 0 Å². The van der Waals surface area contributed by atoms with Crippen LogP contribution in [0.4, 0.5) is 0 Å². The van der Waals surface area contributed by atoms with Crippen molar-refractivity contribution in [3.8, 4) is 0 Å². The zero-order chi connectivity index (χ0) is 13.9. The van der Waals surface area contributed by atoms with Crippen LogP contribution in [0.5, 0.6) is 0 Å². The maximum absolute atomic E-state index is 9.62. The quantitative estimate of drug-likeness (QED) is 0.909. The highest BCUT2D eigenvalue weighted by Gasteiger charge is 2.39. The van der Waals surface area contributed by atoms with Crippen LogP contribution in [0.3, 0.4) is 0 Å². The summed E-state index contributed by atoms with van der Waals surface area (Å²) in [6.07, 6.45) is 6.70. The molecule has 0 unspecified atom stereocenters. The van der Waals surface area contributed by atoms with Crippen LogP contribution in [0.1, 0.15) is 50.6 Å². The van der Waals surface area contributed by atoms with Gasteiger partial charge in [-0.05, 0) is 43.6 Å². The van der Waals surface area contributed by atoms with E-state index in [4.69, 9.17) is 0 Å². The van der Waals surface area contributed by atoms with E-state index in [1.807, 2.05) is 0 Å². The van der Waals surface area contributed by atoms with Crippen molar-refractivity contribution in [1.29, 1.82) is 0 Å². The van der Waals surface area contributed by atoms with Gasteiger partial charge in [0.25, 0.3) is 0 Å². The SMILES string of the molecule is C[C@H](c1ccccc1)N1C[C@@H](CO)C[C@H]2CCCC[C@H]21. The topological polar surface area (TPSA) is 23.5 Å². The fraction of sp³-hybridized carbons (Fsp3) is 0.667. The molecule has 0 spiro atoms. The number of benzene rings is 1. The molecule has 0 amide bonds. The summed E-state index contributed by atoms with van der Waals surface area (Å²) in [6.45, 7) is 3.75. The Hall–Kier alpha value is -0.860. The molecule has 20 heavy (non-hydrogen) atoms. The van der Waals surface area contributed by atoms with Gasteiger partial charge < -0.3 is 5.11 Å². The highest BCUT2D eigenvalue weighted by atomic mass is 16.3. The minimum atomic E-state index is 0.348. The van der Waals surface area contributed by atoms with Crippen molar-refractivity contribution in [2.24, 2.45) is 11.8 Å². The fourth-order valence-electron chi connectivity index (χ4n) is 4.34. The van der Waals surface area contributed by atoms with Gasteiger partial charge in [0.05, 0.1) is 0 Å². The van der Waals surface area contributed by atoms with Gasteiger partial charge in [-0.2, -0.15) is 0 Å². The summed E-state index contributed by atoms with van der Waals surface area (Å²) in [7, 11) is 0. The molecule has 2 heteroatoms. The first-order chi connectivity index (χ1) is 9.79. The molecular weight excluding hydrogens is 246 g/mol. The summed E-state index contributed by atoms with van der Waals surface area (Å²) < 4.78 is 0. The van der Waals surface area contributed by atoms with Crippen LogP contribution in [-0.4, -0.2) is 29.2 Å². The van der Waals surface area contributed by atoms with E-state index in [2.05, 4.69) is 42.2 Å². The zero-order valence-corrected chi connectivity index (χ0v) is 12.5. The summed E-state index contributed by atoms with van der Waals surface area (Å²) >= 11 is 0. The molecule has 1 aromatic carbocycles. The molecule has 4 atom stereocenters. The van der Waals surface area contributed by atoms with Gasteiger partial charge in [0.2, 0.25) is 0 Å². The number of fused-ring (bicyclic) bond motifs is 1. The van der Waals surface area contributed by atoms with Crippen molar-refractivity contribution < 1.29 is 5.11 Å². The van der Waals surface area contributed by atoms with Crippen molar-refractivity contribution in [2.45, 2.75) is 51.1 Å². The number of nitrogens with zero attached hydrogens (tertiary/aromatic N) is 1. The number of piperidine rings is 1. The standard InChI is InChI=1S/C18H27NO/c1-14(16-7-3-2-4-8-16)19-12-15(13-20)11-17-9-5-6-10-18(17)19/h2-4,7-8,14-15,17-18,20H,5-6,9-13H2,1H3/t14-,15+,17-,18-/m1/s1. The van der Waals surface area contributed by atoms with Gasteiger partial charge in [0, 0.05) is 25.2 Å². The molecule has 110 valence electrons. The molecule has 3 rings (SSSR count). The monoisotopic (exact) mass is 273 g/mol. The molecule has 0 aromatic heterocycles. The van der Waals surface area contributed by atoms with Crippen LogP contribution >= 0.6 is 0 Å². The van der Waals surface area contributed by atoms with Crippen LogP contribution < -0.4 is 0 Å². The molecule has 1 aliphatic carbocycles. The van der Waals surface area contributed by atoms with E-state index < -0.39 is 0 Å². The average Bonchev–Trinajstić information content (AvgIpc) is 2.54. The number of hydrogen-bond donors (Lipinski definition) is 1. The molecule has 1 heterocycles. The molecule has 0 bridgehead atoms. The lowest BCUT2D eigenvalue weighted by Crippen LogP contribution is -2.51. The van der Waals surface area contributed by atoms with E-state index in [9.17, 15) is 5.11 Å². The van der Waals surface area contributed by atoms with Gasteiger partial charge in [0.1, 0.15) is 0 Å². The Morgan fingerprint density at radius 3 is 2.70 bits per heavy atom. The van der Waals surface area contributed by atoms with Crippen LogP contribution in [0.15, 0.2) is 30.3 Å². The third-order valence-corrected chi connectivity index (χ3v) is 5.44. The van der Waals surface area contributed by atoms with Crippen LogP contribution in [-0.2, 0) is 0 Å². The summed E-state index contributed by atoms with van der Waals surface area (Å²) in [6, 6.07) is 12.1. The molecule has 1 saturated heterocycles. The molecule has 2 fully saturated rings. The van der Waals surface area contributed by atoms with E-state index in [1.54, 1.807) is 0 Å². The van der Waals surface area contributed by atoms with Crippen molar-refractivity contribution in [3.63, 3.8) is 0 Å². The van der Waals surface area contributed by atoms with Gasteiger partial charge in [0.15, 0.2) is 0 Å². The lowest BCUT2D eigenvalue weighted by atomic mass is 9.74. The second-order valence-electron chi connectivity index (χ2n) is 6.68. The number of likely N-dealkylation sites (tertiary alicyclic amines) is 1. The lowest BCUT2D eigenvalue weighted by Gasteiger charge is -2.49. The van der Waals surface area contributed by atoms with Crippen molar-refractivity contribution in [3.05, 3.63) is 35.9 Å². The molecule has 0 radical (unpaired) electrons. The van der Waals surface area contributed by atoms with Crippen LogP contribution in [0.2, 0.25) is 0 Å². The lowest BCUT2D eigenvalue weighted by molar-refractivity contribution is -0.0129. The van der Waals surface area contributed by atoms with E-state index in [-0.39, 0.29) is 0 Å². The first kappa shape index (κ1) is 14.1. The predicted octanol–water partition coefficient (Wildman–Crippen LogP) is 3.62. The summed E-state index contributed by atoms with van der Waals surface area (Å²) in [5, 5.41) is 9.62. The van der Waals surface area contributed by atoms with Crippen LogP contribution in [0.25, 0.3) is 0 Å². The smallest absolute Gasteiger partial charge is 0.0471 e. The molecule has 1 saturated carbocycles. The highest BCUT2D eigenvalue weighted by molar-refractivity contribution is 5.19. The maximum atomic E-state index is 9.62. The largest absolute Gasteiger partial charge is 0.396 e. The minimum Gasteiger partial charge on any atom is -0.396 e. The molecule has 2 aliphatic rings. The maximum Gasteiger partial charge on any atom is 0.0471 e. The van der Waals surface area contributed by atoms with E-state index in [0.29, 0.717) is 18.6 Å². The molecule has 1 aromatic rings. The van der Waals surface area contributed by atoms with Crippen molar-refractivity contribution in [1.82, 2.24) is 4.90 Å². The Morgan fingerprint density at radius 2 is 1.95 bits per heavy atom. The number of aliphatic hydroxyl groups is 1. The van der Waals surface area contributed by atoms with E-state index in [0.717, 1.165) is 18.5 Å². The second-order valence-corrected chi connectivity index (χ2v) is 6.68. The summed E-state index contributed by atoms with van der Waals surface area (Å²) in [5.41, 5.74) is 1.41.